The Labute approximate surface area is 155 Å². The molecule has 1 aliphatic rings. The van der Waals surface area contributed by atoms with Crippen LogP contribution in [-0.2, 0) is 4.79 Å². The zero-order valence-electron chi connectivity index (χ0n) is 15.2. The number of rotatable bonds is 8. The fourth-order valence-electron chi connectivity index (χ4n) is 3.37. The van der Waals surface area contributed by atoms with Crippen molar-refractivity contribution in [3.63, 3.8) is 0 Å². The standard InChI is InChI=1S/C21H28N2O3/c24-21(12-16-25-18-9-4-3-5-10-18)22-17-19(20-11-8-15-26-20)23-13-6-1-2-7-14-23/h3-5,8-11,15,19H,1-2,6-7,12-14,16-17H2,(H,22,24). The highest BCUT2D eigenvalue weighted by molar-refractivity contribution is 5.76. The van der Waals surface area contributed by atoms with Gasteiger partial charge in [0.25, 0.3) is 0 Å². The fraction of sp³-hybridized carbons (Fsp3) is 0.476. The Hall–Kier alpha value is -2.27. The molecule has 0 spiro atoms. The first kappa shape index (κ1) is 18.5. The first-order valence-electron chi connectivity index (χ1n) is 9.55. The van der Waals surface area contributed by atoms with E-state index in [-0.39, 0.29) is 11.9 Å². The third-order valence-electron chi connectivity index (χ3n) is 4.79. The van der Waals surface area contributed by atoms with Crippen LogP contribution < -0.4 is 10.1 Å². The van der Waals surface area contributed by atoms with E-state index >= 15 is 0 Å². The summed E-state index contributed by atoms with van der Waals surface area (Å²) < 4.78 is 11.2. The number of amides is 1. The molecule has 2 aromatic rings. The number of hydrogen-bond donors (Lipinski definition) is 1. The molecule has 1 N–H and O–H groups in total. The first-order valence-corrected chi connectivity index (χ1v) is 9.55. The molecule has 0 aliphatic carbocycles. The molecular formula is C21H28N2O3. The summed E-state index contributed by atoms with van der Waals surface area (Å²) in [5.74, 6) is 1.72. The number of hydrogen-bond acceptors (Lipinski definition) is 4. The van der Waals surface area contributed by atoms with Crippen molar-refractivity contribution in [3.05, 3.63) is 54.5 Å². The highest BCUT2D eigenvalue weighted by Crippen LogP contribution is 2.24. The highest BCUT2D eigenvalue weighted by atomic mass is 16.5. The lowest BCUT2D eigenvalue weighted by Gasteiger charge is -2.29. The van der Waals surface area contributed by atoms with E-state index in [1.165, 1.54) is 25.7 Å². The largest absolute Gasteiger partial charge is 0.493 e. The molecule has 5 nitrogen and oxygen atoms in total. The van der Waals surface area contributed by atoms with Crippen molar-refractivity contribution in [1.29, 1.82) is 0 Å². The van der Waals surface area contributed by atoms with Gasteiger partial charge in [-0.3, -0.25) is 9.69 Å². The Morgan fingerprint density at radius 1 is 1.08 bits per heavy atom. The maximum absolute atomic E-state index is 12.2. The minimum Gasteiger partial charge on any atom is -0.493 e. The number of carbonyl (C=O) groups excluding carboxylic acids is 1. The number of carbonyl (C=O) groups is 1. The summed E-state index contributed by atoms with van der Waals surface area (Å²) in [6.45, 7) is 3.05. The quantitative estimate of drug-likeness (QED) is 0.782. The topological polar surface area (TPSA) is 54.7 Å². The Balaban J connectivity index is 1.48. The minimum atomic E-state index is 0.00677. The van der Waals surface area contributed by atoms with Crippen LogP contribution in [0.25, 0.3) is 0 Å². The van der Waals surface area contributed by atoms with Gasteiger partial charge in [0.15, 0.2) is 0 Å². The predicted molar refractivity (Wildman–Crippen MR) is 101 cm³/mol. The van der Waals surface area contributed by atoms with Gasteiger partial charge >= 0.3 is 0 Å². The fourth-order valence-corrected chi connectivity index (χ4v) is 3.37. The Morgan fingerprint density at radius 2 is 1.85 bits per heavy atom. The van der Waals surface area contributed by atoms with Crippen molar-refractivity contribution in [2.75, 3.05) is 26.2 Å². The summed E-state index contributed by atoms with van der Waals surface area (Å²) in [6, 6.07) is 13.6. The van der Waals surface area contributed by atoms with Gasteiger partial charge in [0, 0.05) is 6.54 Å². The van der Waals surface area contributed by atoms with Crippen molar-refractivity contribution in [2.24, 2.45) is 0 Å². The number of furan rings is 1. The van der Waals surface area contributed by atoms with Gasteiger partial charge in [0.1, 0.15) is 11.5 Å². The molecule has 0 bridgehead atoms. The second-order valence-corrected chi connectivity index (χ2v) is 6.70. The number of ether oxygens (including phenoxy) is 1. The zero-order chi connectivity index (χ0) is 18.0. The Morgan fingerprint density at radius 3 is 2.54 bits per heavy atom. The van der Waals surface area contributed by atoms with Gasteiger partial charge < -0.3 is 14.5 Å². The lowest BCUT2D eigenvalue weighted by atomic mass is 10.1. The Bertz CT molecular complexity index is 635. The van der Waals surface area contributed by atoms with Crippen molar-refractivity contribution in [2.45, 2.75) is 38.1 Å². The SMILES string of the molecule is O=C(CCOc1ccccc1)NCC(c1ccco1)N1CCCCCC1. The van der Waals surface area contributed by atoms with Crippen molar-refractivity contribution < 1.29 is 13.9 Å². The summed E-state index contributed by atoms with van der Waals surface area (Å²) in [5, 5.41) is 3.05. The molecule has 1 atom stereocenters. The van der Waals surface area contributed by atoms with Gasteiger partial charge in [-0.25, -0.2) is 0 Å². The summed E-state index contributed by atoms with van der Waals surface area (Å²) >= 11 is 0. The van der Waals surface area contributed by atoms with Crippen LogP contribution in [0.5, 0.6) is 5.75 Å². The Kier molecular flexibility index (Phi) is 7.14. The van der Waals surface area contributed by atoms with Gasteiger partial charge in [0.2, 0.25) is 5.91 Å². The number of nitrogens with one attached hydrogen (secondary N) is 1. The molecule has 5 heteroatoms. The molecule has 26 heavy (non-hydrogen) atoms. The van der Waals surface area contributed by atoms with Crippen molar-refractivity contribution in [3.8, 4) is 5.75 Å². The molecule has 1 aromatic carbocycles. The van der Waals surface area contributed by atoms with Gasteiger partial charge in [-0.1, -0.05) is 31.0 Å². The van der Waals surface area contributed by atoms with E-state index in [1.807, 2.05) is 42.5 Å². The van der Waals surface area contributed by atoms with E-state index in [4.69, 9.17) is 9.15 Å². The maximum atomic E-state index is 12.2. The molecule has 1 aromatic heterocycles. The molecule has 1 amide bonds. The van der Waals surface area contributed by atoms with E-state index in [2.05, 4.69) is 10.2 Å². The lowest BCUT2D eigenvalue weighted by molar-refractivity contribution is -0.121. The van der Waals surface area contributed by atoms with Crippen LogP contribution in [0.1, 0.15) is 43.9 Å². The molecule has 3 rings (SSSR count). The van der Waals surface area contributed by atoms with Crippen LogP contribution in [0.4, 0.5) is 0 Å². The van der Waals surface area contributed by atoms with Gasteiger partial charge in [-0.05, 0) is 50.2 Å². The normalized spacial score (nSPS) is 16.6. The third kappa shape index (κ3) is 5.63. The summed E-state index contributed by atoms with van der Waals surface area (Å²) in [4.78, 5) is 14.7. The van der Waals surface area contributed by atoms with Gasteiger partial charge in [-0.15, -0.1) is 0 Å². The molecule has 1 fully saturated rings. The van der Waals surface area contributed by atoms with Crippen LogP contribution in [-0.4, -0.2) is 37.0 Å². The van der Waals surface area contributed by atoms with Crippen LogP contribution in [0, 0.1) is 0 Å². The molecule has 140 valence electrons. The molecule has 1 aliphatic heterocycles. The van der Waals surface area contributed by atoms with Crippen molar-refractivity contribution >= 4 is 5.91 Å². The monoisotopic (exact) mass is 356 g/mol. The summed E-state index contributed by atoms with van der Waals surface area (Å²) in [5.41, 5.74) is 0. The molecule has 2 heterocycles. The number of benzene rings is 1. The van der Waals surface area contributed by atoms with E-state index in [0.29, 0.717) is 19.6 Å². The summed E-state index contributed by atoms with van der Waals surface area (Å²) in [6.07, 6.45) is 7.02. The van der Waals surface area contributed by atoms with E-state index < -0.39 is 0 Å². The van der Waals surface area contributed by atoms with E-state index in [0.717, 1.165) is 24.6 Å². The molecule has 1 saturated heterocycles. The number of nitrogens with zero attached hydrogens (tertiary/aromatic N) is 1. The zero-order valence-corrected chi connectivity index (χ0v) is 15.2. The van der Waals surface area contributed by atoms with E-state index in [1.54, 1.807) is 6.26 Å². The average molecular weight is 356 g/mol. The molecule has 0 radical (unpaired) electrons. The molecular weight excluding hydrogens is 328 g/mol. The number of para-hydroxylation sites is 1. The molecule has 0 saturated carbocycles. The predicted octanol–water partition coefficient (Wildman–Crippen LogP) is 3.78. The highest BCUT2D eigenvalue weighted by Gasteiger charge is 2.24. The molecule has 1 unspecified atom stereocenters. The minimum absolute atomic E-state index is 0.00677. The first-order chi connectivity index (χ1) is 12.8. The van der Waals surface area contributed by atoms with Crippen LogP contribution >= 0.6 is 0 Å². The summed E-state index contributed by atoms with van der Waals surface area (Å²) in [7, 11) is 0. The number of likely N-dealkylation sites (tertiary alicyclic amines) is 1. The second kappa shape index (κ2) is 10.0. The smallest absolute Gasteiger partial charge is 0.223 e. The maximum Gasteiger partial charge on any atom is 0.223 e. The second-order valence-electron chi connectivity index (χ2n) is 6.70. The van der Waals surface area contributed by atoms with Crippen LogP contribution in [0.3, 0.4) is 0 Å². The lowest BCUT2D eigenvalue weighted by Crippen LogP contribution is -2.38. The van der Waals surface area contributed by atoms with E-state index in [9.17, 15) is 4.79 Å². The van der Waals surface area contributed by atoms with Crippen molar-refractivity contribution in [1.82, 2.24) is 10.2 Å². The van der Waals surface area contributed by atoms with Gasteiger partial charge in [-0.2, -0.15) is 0 Å². The van der Waals surface area contributed by atoms with Crippen LogP contribution in [0.2, 0.25) is 0 Å². The van der Waals surface area contributed by atoms with Gasteiger partial charge in [0.05, 0.1) is 25.3 Å². The average Bonchev–Trinajstić information content (AvgIpc) is 3.06. The third-order valence-corrected chi connectivity index (χ3v) is 4.79. The van der Waals surface area contributed by atoms with Crippen LogP contribution in [0.15, 0.2) is 53.1 Å².